The maximum absolute atomic E-state index is 12.7. The van der Waals surface area contributed by atoms with Gasteiger partial charge in [0.2, 0.25) is 0 Å². The van der Waals surface area contributed by atoms with Crippen LogP contribution < -0.4 is 18.9 Å². The van der Waals surface area contributed by atoms with Crippen molar-refractivity contribution in [2.75, 3.05) is 26.4 Å². The average molecular weight is 757 g/mol. The second kappa shape index (κ2) is 19.6. The van der Waals surface area contributed by atoms with Crippen molar-refractivity contribution in [3.8, 4) is 34.1 Å². The predicted octanol–water partition coefficient (Wildman–Crippen LogP) is 8.83. The zero-order valence-electron chi connectivity index (χ0n) is 31.7. The highest BCUT2D eigenvalue weighted by atomic mass is 16.5. The van der Waals surface area contributed by atoms with Crippen molar-refractivity contribution in [2.45, 2.75) is 39.5 Å². The molecule has 0 fully saturated rings. The highest BCUT2D eigenvalue weighted by Crippen LogP contribution is 2.47. The van der Waals surface area contributed by atoms with Gasteiger partial charge in [0.1, 0.15) is 23.0 Å². The number of esters is 4. The monoisotopic (exact) mass is 756 g/mol. The molecule has 0 spiro atoms. The van der Waals surface area contributed by atoms with Crippen LogP contribution in [0.5, 0.6) is 23.0 Å². The summed E-state index contributed by atoms with van der Waals surface area (Å²) in [6.45, 7) is 13.6. The average Bonchev–Trinajstić information content (AvgIpc) is 3.46. The van der Waals surface area contributed by atoms with Crippen molar-refractivity contribution in [2.24, 2.45) is 0 Å². The van der Waals surface area contributed by atoms with Crippen LogP contribution in [-0.2, 0) is 28.7 Å². The Morgan fingerprint density at radius 2 is 0.929 bits per heavy atom. The van der Waals surface area contributed by atoms with Gasteiger partial charge < -0.3 is 28.4 Å². The summed E-state index contributed by atoms with van der Waals surface area (Å²) in [5, 5.41) is 0. The molecule has 0 radical (unpaired) electrons. The SMILES string of the molecule is C=C(C)C(=O)OCCCOc1ccc(C=CC(=O)Oc2ccc3c(c2)C(C)c2cc(OC(=O)C=Cc4ccc(OCCCOC(=O)C(=C)C)cc4)ccc2-3)cc1. The van der Waals surface area contributed by atoms with Gasteiger partial charge in [0, 0.05) is 42.1 Å². The minimum atomic E-state index is -0.514. The Hall–Kier alpha value is -6.68. The summed E-state index contributed by atoms with van der Waals surface area (Å²) < 4.78 is 32.7. The van der Waals surface area contributed by atoms with E-state index in [9.17, 15) is 19.2 Å². The Morgan fingerprint density at radius 3 is 1.30 bits per heavy atom. The van der Waals surface area contributed by atoms with Gasteiger partial charge in [-0.25, -0.2) is 19.2 Å². The molecule has 0 atom stereocenters. The van der Waals surface area contributed by atoms with E-state index in [0.717, 1.165) is 33.4 Å². The normalized spacial score (nSPS) is 12.7. The lowest BCUT2D eigenvalue weighted by Crippen LogP contribution is -2.09. The van der Waals surface area contributed by atoms with E-state index >= 15 is 0 Å². The molecule has 0 amide bonds. The Kier molecular flexibility index (Phi) is 14.2. The van der Waals surface area contributed by atoms with Crippen LogP contribution in [0.2, 0.25) is 0 Å². The van der Waals surface area contributed by atoms with Crippen molar-refractivity contribution in [1.29, 1.82) is 0 Å². The van der Waals surface area contributed by atoms with E-state index in [-0.39, 0.29) is 19.1 Å². The van der Waals surface area contributed by atoms with Crippen LogP contribution in [0.15, 0.2) is 121 Å². The van der Waals surface area contributed by atoms with Crippen LogP contribution in [0.3, 0.4) is 0 Å². The summed E-state index contributed by atoms with van der Waals surface area (Å²) in [6.07, 6.45) is 7.16. The lowest BCUT2D eigenvalue weighted by atomic mass is 9.99. The Balaban J connectivity index is 1.07. The number of carbonyl (C=O) groups excluding carboxylic acids is 4. The number of fused-ring (bicyclic) bond motifs is 3. The van der Waals surface area contributed by atoms with Crippen molar-refractivity contribution in [1.82, 2.24) is 0 Å². The largest absolute Gasteiger partial charge is 0.493 e. The summed E-state index contributed by atoms with van der Waals surface area (Å²) in [5.41, 5.74) is 6.36. The molecule has 10 nitrogen and oxygen atoms in total. The van der Waals surface area contributed by atoms with Gasteiger partial charge in [0.05, 0.1) is 26.4 Å². The van der Waals surface area contributed by atoms with Gasteiger partial charge in [-0.15, -0.1) is 0 Å². The number of hydrogen-bond acceptors (Lipinski definition) is 10. The highest BCUT2D eigenvalue weighted by molar-refractivity contribution is 5.90. The van der Waals surface area contributed by atoms with E-state index in [0.29, 0.717) is 60.2 Å². The second-order valence-electron chi connectivity index (χ2n) is 13.1. The van der Waals surface area contributed by atoms with Crippen molar-refractivity contribution in [3.05, 3.63) is 144 Å². The molecule has 0 unspecified atom stereocenters. The Bertz CT molecular complexity index is 1990. The highest BCUT2D eigenvalue weighted by Gasteiger charge is 2.27. The van der Waals surface area contributed by atoms with Gasteiger partial charge in [-0.05, 0) is 108 Å². The molecular formula is C46H44O10. The molecule has 56 heavy (non-hydrogen) atoms. The molecule has 0 heterocycles. The summed E-state index contributed by atoms with van der Waals surface area (Å²) in [7, 11) is 0. The molecule has 0 aromatic heterocycles. The third-order valence-electron chi connectivity index (χ3n) is 8.57. The van der Waals surface area contributed by atoms with Gasteiger partial charge >= 0.3 is 23.9 Å². The van der Waals surface area contributed by atoms with Crippen LogP contribution in [0.25, 0.3) is 23.3 Å². The zero-order valence-corrected chi connectivity index (χ0v) is 31.7. The van der Waals surface area contributed by atoms with Crippen LogP contribution in [-0.4, -0.2) is 50.3 Å². The first kappa shape index (κ1) is 40.5. The molecule has 4 aromatic carbocycles. The first-order valence-corrected chi connectivity index (χ1v) is 18.2. The van der Waals surface area contributed by atoms with Gasteiger partial charge in [-0.3, -0.25) is 0 Å². The minimum Gasteiger partial charge on any atom is -0.493 e. The van der Waals surface area contributed by atoms with E-state index in [1.165, 1.54) is 12.2 Å². The summed E-state index contributed by atoms with van der Waals surface area (Å²) >= 11 is 0. The number of ether oxygens (including phenoxy) is 6. The van der Waals surface area contributed by atoms with Crippen LogP contribution in [0.4, 0.5) is 0 Å². The molecule has 0 saturated carbocycles. The van der Waals surface area contributed by atoms with Crippen molar-refractivity contribution >= 4 is 36.0 Å². The van der Waals surface area contributed by atoms with E-state index in [1.807, 2.05) is 48.5 Å². The number of benzene rings is 4. The number of carbonyl (C=O) groups is 4. The molecule has 10 heteroatoms. The quantitative estimate of drug-likeness (QED) is 0.0421. The van der Waals surface area contributed by atoms with Crippen LogP contribution >= 0.6 is 0 Å². The van der Waals surface area contributed by atoms with Crippen LogP contribution in [0, 0.1) is 0 Å². The van der Waals surface area contributed by atoms with Gasteiger partial charge in [0.15, 0.2) is 0 Å². The fourth-order valence-corrected chi connectivity index (χ4v) is 5.64. The molecule has 0 saturated heterocycles. The third-order valence-corrected chi connectivity index (χ3v) is 8.57. The maximum Gasteiger partial charge on any atom is 0.336 e. The molecule has 0 N–H and O–H groups in total. The van der Waals surface area contributed by atoms with Crippen LogP contribution in [0.1, 0.15) is 61.8 Å². The Morgan fingerprint density at radius 1 is 0.554 bits per heavy atom. The predicted molar refractivity (Wildman–Crippen MR) is 213 cm³/mol. The van der Waals surface area contributed by atoms with E-state index < -0.39 is 23.9 Å². The number of rotatable bonds is 18. The smallest absolute Gasteiger partial charge is 0.336 e. The molecule has 1 aliphatic carbocycles. The molecular weight excluding hydrogens is 712 g/mol. The molecule has 288 valence electrons. The summed E-state index contributed by atoms with van der Waals surface area (Å²) in [6, 6.07) is 25.6. The van der Waals surface area contributed by atoms with Gasteiger partial charge in [-0.1, -0.05) is 56.5 Å². The molecule has 1 aliphatic rings. The first-order chi connectivity index (χ1) is 27.0. The first-order valence-electron chi connectivity index (χ1n) is 18.2. The van der Waals surface area contributed by atoms with E-state index in [1.54, 1.807) is 62.4 Å². The second-order valence-corrected chi connectivity index (χ2v) is 13.1. The lowest BCUT2D eigenvalue weighted by Gasteiger charge is -2.09. The van der Waals surface area contributed by atoms with E-state index in [4.69, 9.17) is 28.4 Å². The Labute approximate surface area is 326 Å². The third kappa shape index (κ3) is 11.7. The molecule has 0 aliphatic heterocycles. The molecule has 4 aromatic rings. The van der Waals surface area contributed by atoms with E-state index in [2.05, 4.69) is 20.1 Å². The van der Waals surface area contributed by atoms with Crippen molar-refractivity contribution in [3.63, 3.8) is 0 Å². The topological polar surface area (TPSA) is 124 Å². The fourth-order valence-electron chi connectivity index (χ4n) is 5.64. The fraction of sp³-hybridized carbons (Fsp3) is 0.217. The van der Waals surface area contributed by atoms with Gasteiger partial charge in [0.25, 0.3) is 0 Å². The number of hydrogen-bond donors (Lipinski definition) is 0. The molecule has 5 rings (SSSR count). The molecule has 0 bridgehead atoms. The lowest BCUT2D eigenvalue weighted by molar-refractivity contribution is -0.140. The maximum atomic E-state index is 12.7. The zero-order chi connectivity index (χ0) is 40.0. The summed E-state index contributed by atoms with van der Waals surface area (Å²) in [4.78, 5) is 48.2. The van der Waals surface area contributed by atoms with Gasteiger partial charge in [-0.2, -0.15) is 0 Å². The summed E-state index contributed by atoms with van der Waals surface area (Å²) in [5.74, 6) is 0.282. The minimum absolute atomic E-state index is 0.0254. The van der Waals surface area contributed by atoms with Crippen molar-refractivity contribution < 1.29 is 47.6 Å². The standard InChI is InChI=1S/C46H44O10/c1-30(2)45(49)53-26-6-24-51-35-14-8-33(9-15-35)12-22-43(47)55-37-18-20-39-40-21-19-38(29-42(40)32(5)41(39)28-37)56-44(48)23-13-34-10-16-36(17-11-34)52-25-7-27-54-46(50)31(3)4/h8-23,28-29,32H,1,3,6-7,24-27H2,2,4-5H3.